The largest absolute Gasteiger partial charge is 0.480 e. The fourth-order valence-corrected chi connectivity index (χ4v) is 2.39. The Hall–Kier alpha value is -0.610. The van der Waals surface area contributed by atoms with Crippen LogP contribution in [0.15, 0.2) is 0 Å². The van der Waals surface area contributed by atoms with Crippen LogP contribution in [-0.2, 0) is 9.53 Å². The number of nitrogens with one attached hydrogen (secondary N) is 1. The Morgan fingerprint density at radius 1 is 1.50 bits per heavy atom. The number of methoxy groups -OCH3 is 1. The Morgan fingerprint density at radius 3 is 2.62 bits per heavy atom. The lowest BCUT2D eigenvalue weighted by Crippen LogP contribution is -2.58. The smallest absolute Gasteiger partial charge is 0.326 e. The fourth-order valence-electron chi connectivity index (χ4n) is 2.39. The summed E-state index contributed by atoms with van der Waals surface area (Å²) in [6.07, 6.45) is 4.69. The molecule has 0 heterocycles. The van der Waals surface area contributed by atoms with Gasteiger partial charge in [0.25, 0.3) is 0 Å². The molecule has 0 aliphatic heterocycles. The summed E-state index contributed by atoms with van der Waals surface area (Å²) in [6.45, 7) is 4.08. The second-order valence-corrected chi connectivity index (χ2v) is 5.08. The maximum atomic E-state index is 11.2. The van der Waals surface area contributed by atoms with Gasteiger partial charge in [0.2, 0.25) is 0 Å². The lowest BCUT2D eigenvalue weighted by Gasteiger charge is -2.36. The van der Waals surface area contributed by atoms with Crippen molar-refractivity contribution in [3.8, 4) is 0 Å². The van der Waals surface area contributed by atoms with Crippen LogP contribution in [0.2, 0.25) is 0 Å². The molecule has 1 fully saturated rings. The number of rotatable bonds is 5. The fraction of sp³-hybridized carbons (Fsp3) is 0.917. The molecule has 3 unspecified atom stereocenters. The number of carbonyl (C=O) groups is 1. The molecule has 2 N–H and O–H groups in total. The molecular weight excluding hydrogens is 206 g/mol. The number of ether oxygens (including phenoxy) is 1. The normalized spacial score (nSPS) is 29.7. The van der Waals surface area contributed by atoms with E-state index in [1.54, 1.807) is 6.92 Å². The van der Waals surface area contributed by atoms with Crippen molar-refractivity contribution in [1.82, 2.24) is 5.32 Å². The first kappa shape index (κ1) is 13.5. The van der Waals surface area contributed by atoms with Crippen LogP contribution in [0, 0.1) is 5.92 Å². The molecule has 4 nitrogen and oxygen atoms in total. The van der Waals surface area contributed by atoms with Gasteiger partial charge in [-0.1, -0.05) is 19.8 Å². The Bertz CT molecular complexity index is 244. The summed E-state index contributed by atoms with van der Waals surface area (Å²) in [6, 6.07) is 0.296. The van der Waals surface area contributed by atoms with E-state index in [0.29, 0.717) is 12.0 Å². The molecule has 1 saturated carbocycles. The van der Waals surface area contributed by atoms with E-state index in [4.69, 9.17) is 4.74 Å². The lowest BCUT2D eigenvalue weighted by molar-refractivity contribution is -0.147. The van der Waals surface area contributed by atoms with Gasteiger partial charge in [0, 0.05) is 13.2 Å². The van der Waals surface area contributed by atoms with E-state index in [1.807, 2.05) is 0 Å². The predicted molar refractivity (Wildman–Crippen MR) is 62.5 cm³/mol. The second-order valence-electron chi connectivity index (χ2n) is 5.08. The highest BCUT2D eigenvalue weighted by molar-refractivity contribution is 5.78. The highest BCUT2D eigenvalue weighted by atomic mass is 16.5. The first-order chi connectivity index (χ1) is 7.49. The Morgan fingerprint density at radius 2 is 2.12 bits per heavy atom. The monoisotopic (exact) mass is 229 g/mol. The second kappa shape index (κ2) is 5.64. The van der Waals surface area contributed by atoms with Gasteiger partial charge in [0.05, 0.1) is 6.61 Å². The summed E-state index contributed by atoms with van der Waals surface area (Å²) in [5, 5.41) is 12.5. The van der Waals surface area contributed by atoms with Gasteiger partial charge in [-0.15, -0.1) is 0 Å². The first-order valence-corrected chi connectivity index (χ1v) is 5.99. The molecule has 0 aromatic carbocycles. The maximum absolute atomic E-state index is 11.2. The molecule has 0 radical (unpaired) electrons. The number of carboxylic acids is 1. The quantitative estimate of drug-likeness (QED) is 0.752. The average Bonchev–Trinajstić information content (AvgIpc) is 2.21. The van der Waals surface area contributed by atoms with Crippen molar-refractivity contribution in [1.29, 1.82) is 0 Å². The van der Waals surface area contributed by atoms with Crippen molar-refractivity contribution < 1.29 is 14.6 Å². The van der Waals surface area contributed by atoms with Crippen molar-refractivity contribution in [2.75, 3.05) is 13.7 Å². The van der Waals surface area contributed by atoms with Crippen molar-refractivity contribution in [3.63, 3.8) is 0 Å². The molecule has 1 aliphatic rings. The molecule has 94 valence electrons. The van der Waals surface area contributed by atoms with E-state index < -0.39 is 11.5 Å². The summed E-state index contributed by atoms with van der Waals surface area (Å²) >= 11 is 0. The standard InChI is InChI=1S/C12H23NO3/c1-9-6-4-5-7-10(9)13-12(2,8-16-3)11(14)15/h9-10,13H,4-8H2,1-3H3,(H,14,15). The first-order valence-electron chi connectivity index (χ1n) is 5.99. The van der Waals surface area contributed by atoms with Gasteiger partial charge in [-0.25, -0.2) is 0 Å². The molecule has 0 amide bonds. The number of aliphatic carboxylic acids is 1. The zero-order valence-electron chi connectivity index (χ0n) is 10.5. The third-order valence-electron chi connectivity index (χ3n) is 3.52. The molecule has 1 rings (SSSR count). The van der Waals surface area contributed by atoms with E-state index in [1.165, 1.54) is 26.4 Å². The summed E-state index contributed by atoms with van der Waals surface area (Å²) in [4.78, 5) is 11.2. The van der Waals surface area contributed by atoms with Crippen molar-refractivity contribution >= 4 is 5.97 Å². The van der Waals surface area contributed by atoms with Crippen LogP contribution < -0.4 is 5.32 Å². The van der Waals surface area contributed by atoms with E-state index in [0.717, 1.165) is 6.42 Å². The van der Waals surface area contributed by atoms with Crippen LogP contribution in [0.3, 0.4) is 0 Å². The topological polar surface area (TPSA) is 58.6 Å². The lowest BCUT2D eigenvalue weighted by atomic mass is 9.84. The molecule has 0 aromatic heterocycles. The predicted octanol–water partition coefficient (Wildman–Crippen LogP) is 1.64. The summed E-state index contributed by atoms with van der Waals surface area (Å²) < 4.78 is 5.00. The Balaban J connectivity index is 2.63. The number of hydrogen-bond donors (Lipinski definition) is 2. The van der Waals surface area contributed by atoms with Crippen LogP contribution in [-0.4, -0.2) is 36.4 Å². The Labute approximate surface area is 97.4 Å². The van der Waals surface area contributed by atoms with Crippen molar-refractivity contribution in [2.45, 2.75) is 51.1 Å². The van der Waals surface area contributed by atoms with Gasteiger partial charge in [-0.3, -0.25) is 10.1 Å². The van der Waals surface area contributed by atoms with E-state index >= 15 is 0 Å². The third kappa shape index (κ3) is 3.19. The number of hydrogen-bond acceptors (Lipinski definition) is 3. The molecule has 0 aromatic rings. The zero-order chi connectivity index (χ0) is 12.2. The zero-order valence-corrected chi connectivity index (χ0v) is 10.5. The van der Waals surface area contributed by atoms with Crippen LogP contribution in [0.4, 0.5) is 0 Å². The molecule has 3 atom stereocenters. The van der Waals surface area contributed by atoms with Crippen LogP contribution in [0.25, 0.3) is 0 Å². The van der Waals surface area contributed by atoms with Gasteiger partial charge < -0.3 is 9.84 Å². The summed E-state index contributed by atoms with van der Waals surface area (Å²) in [7, 11) is 1.53. The molecule has 1 aliphatic carbocycles. The summed E-state index contributed by atoms with van der Waals surface area (Å²) in [5.74, 6) is -0.295. The van der Waals surface area contributed by atoms with Gasteiger partial charge >= 0.3 is 5.97 Å². The van der Waals surface area contributed by atoms with Gasteiger partial charge in [0.1, 0.15) is 5.54 Å². The van der Waals surface area contributed by atoms with E-state index in [9.17, 15) is 9.90 Å². The number of carboxylic acid groups (broad SMARTS) is 1. The average molecular weight is 229 g/mol. The molecule has 0 spiro atoms. The highest BCUT2D eigenvalue weighted by Gasteiger charge is 2.37. The minimum atomic E-state index is -0.967. The van der Waals surface area contributed by atoms with Gasteiger partial charge in [0.15, 0.2) is 0 Å². The minimum Gasteiger partial charge on any atom is -0.480 e. The molecule has 4 heteroatoms. The van der Waals surface area contributed by atoms with Gasteiger partial charge in [-0.2, -0.15) is 0 Å². The van der Waals surface area contributed by atoms with E-state index in [2.05, 4.69) is 12.2 Å². The van der Waals surface area contributed by atoms with E-state index in [-0.39, 0.29) is 6.61 Å². The highest BCUT2D eigenvalue weighted by Crippen LogP contribution is 2.25. The SMILES string of the molecule is COCC(C)(NC1CCCCC1C)C(=O)O. The van der Waals surface area contributed by atoms with Crippen LogP contribution in [0.1, 0.15) is 39.5 Å². The minimum absolute atomic E-state index is 0.200. The van der Waals surface area contributed by atoms with Gasteiger partial charge in [-0.05, 0) is 25.7 Å². The maximum Gasteiger partial charge on any atom is 0.326 e. The third-order valence-corrected chi connectivity index (χ3v) is 3.52. The molecule has 16 heavy (non-hydrogen) atoms. The molecule has 0 saturated heterocycles. The van der Waals surface area contributed by atoms with Crippen LogP contribution in [0.5, 0.6) is 0 Å². The summed E-state index contributed by atoms with van der Waals surface area (Å²) in [5.41, 5.74) is -0.967. The molecular formula is C12H23NO3. The van der Waals surface area contributed by atoms with Crippen LogP contribution >= 0.6 is 0 Å². The Kier molecular flexibility index (Phi) is 4.74. The molecule has 0 bridgehead atoms. The van der Waals surface area contributed by atoms with Crippen molar-refractivity contribution in [3.05, 3.63) is 0 Å². The van der Waals surface area contributed by atoms with Crippen molar-refractivity contribution in [2.24, 2.45) is 5.92 Å².